The standard InChI is InChI=1S/C12H25N2O2/c1-7-14(13,12(4,5)6)8-9-16-11(15)10(2)3/h2,7-9,13H2,1,3-6H3/q+1. The summed E-state index contributed by atoms with van der Waals surface area (Å²) in [6.45, 7) is 15.2. The van der Waals surface area contributed by atoms with Crippen LogP contribution in [-0.4, -0.2) is 35.8 Å². The van der Waals surface area contributed by atoms with Crippen LogP contribution in [0.2, 0.25) is 0 Å². The van der Waals surface area contributed by atoms with Gasteiger partial charge in [0.05, 0.1) is 6.54 Å². The van der Waals surface area contributed by atoms with Gasteiger partial charge < -0.3 is 4.74 Å². The first-order valence-corrected chi connectivity index (χ1v) is 5.62. The van der Waals surface area contributed by atoms with E-state index in [0.29, 0.717) is 23.3 Å². The number of esters is 1. The van der Waals surface area contributed by atoms with Crippen LogP contribution >= 0.6 is 0 Å². The number of nitrogens with zero attached hydrogens (tertiary/aromatic N) is 1. The SMILES string of the molecule is C=C(C)C(=O)OCC[N+](N)(CC)C(C)(C)C. The van der Waals surface area contributed by atoms with Crippen molar-refractivity contribution >= 4 is 5.97 Å². The molecule has 0 aromatic rings. The third kappa shape index (κ3) is 3.94. The third-order valence-electron chi connectivity index (χ3n) is 2.97. The molecule has 0 aliphatic rings. The van der Waals surface area contributed by atoms with Crippen molar-refractivity contribution in [2.45, 2.75) is 40.2 Å². The largest absolute Gasteiger partial charge is 0.456 e. The minimum absolute atomic E-state index is 0.0651. The van der Waals surface area contributed by atoms with E-state index in [1.165, 1.54) is 0 Å². The molecule has 2 N–H and O–H groups in total. The zero-order valence-electron chi connectivity index (χ0n) is 11.2. The molecule has 0 fully saturated rings. The van der Waals surface area contributed by atoms with Gasteiger partial charge in [-0.3, -0.25) is 0 Å². The van der Waals surface area contributed by atoms with Gasteiger partial charge in [-0.1, -0.05) is 6.58 Å². The molecule has 16 heavy (non-hydrogen) atoms. The Bertz CT molecular complexity index is 269. The van der Waals surface area contributed by atoms with E-state index in [2.05, 4.69) is 27.4 Å². The van der Waals surface area contributed by atoms with Crippen LogP contribution in [0.25, 0.3) is 0 Å². The van der Waals surface area contributed by atoms with E-state index in [4.69, 9.17) is 10.6 Å². The van der Waals surface area contributed by atoms with Gasteiger partial charge in [0.2, 0.25) is 0 Å². The van der Waals surface area contributed by atoms with Crippen molar-refractivity contribution in [2.75, 3.05) is 19.7 Å². The van der Waals surface area contributed by atoms with E-state index in [-0.39, 0.29) is 11.5 Å². The maximum Gasteiger partial charge on any atom is 0.333 e. The molecule has 0 aliphatic heterocycles. The summed E-state index contributed by atoms with van der Waals surface area (Å²) in [4.78, 5) is 11.2. The maximum absolute atomic E-state index is 11.2. The molecule has 0 aromatic carbocycles. The van der Waals surface area contributed by atoms with Gasteiger partial charge in [-0.15, -0.1) is 0 Å². The highest BCUT2D eigenvalue weighted by Crippen LogP contribution is 2.18. The number of hydrogen-bond acceptors (Lipinski definition) is 3. The Hall–Kier alpha value is -0.870. The molecule has 0 saturated heterocycles. The van der Waals surface area contributed by atoms with E-state index in [0.717, 1.165) is 6.54 Å². The van der Waals surface area contributed by atoms with Crippen LogP contribution in [0.15, 0.2) is 12.2 Å². The lowest BCUT2D eigenvalue weighted by Crippen LogP contribution is -2.66. The summed E-state index contributed by atoms with van der Waals surface area (Å²) in [5, 5.41) is 0. The quantitative estimate of drug-likeness (QED) is 0.256. The summed E-state index contributed by atoms with van der Waals surface area (Å²) in [6, 6.07) is 0. The normalized spacial score (nSPS) is 15.4. The van der Waals surface area contributed by atoms with Crippen LogP contribution in [0.5, 0.6) is 0 Å². The first kappa shape index (κ1) is 15.1. The second-order valence-corrected chi connectivity index (χ2v) is 5.16. The molecule has 0 bridgehead atoms. The van der Waals surface area contributed by atoms with Gasteiger partial charge in [0.15, 0.2) is 0 Å². The number of nitrogens with two attached hydrogens (primary N) is 1. The predicted octanol–water partition coefficient (Wildman–Crippen LogP) is 1.61. The second-order valence-electron chi connectivity index (χ2n) is 5.16. The van der Waals surface area contributed by atoms with Crippen LogP contribution in [0, 0.1) is 0 Å². The maximum atomic E-state index is 11.2. The van der Waals surface area contributed by atoms with Crippen molar-refractivity contribution in [3.63, 3.8) is 0 Å². The van der Waals surface area contributed by atoms with Gasteiger partial charge in [-0.25, -0.2) is 9.39 Å². The molecule has 0 radical (unpaired) electrons. The van der Waals surface area contributed by atoms with Crippen molar-refractivity contribution < 1.29 is 14.1 Å². The lowest BCUT2D eigenvalue weighted by atomic mass is 10.0. The summed E-state index contributed by atoms with van der Waals surface area (Å²) in [7, 11) is 0. The Morgan fingerprint density at radius 2 is 1.94 bits per heavy atom. The molecule has 0 aromatic heterocycles. The number of likely N-dealkylation sites (N-methyl/N-ethyl adjacent to an activating group) is 1. The lowest BCUT2D eigenvalue weighted by Gasteiger charge is -2.43. The zero-order chi connectivity index (χ0) is 13.0. The highest BCUT2D eigenvalue weighted by atomic mass is 16.5. The topological polar surface area (TPSA) is 52.3 Å². The Labute approximate surface area is 98.6 Å². The number of quaternary nitrogens is 1. The Balaban J connectivity index is 4.27. The van der Waals surface area contributed by atoms with Crippen molar-refractivity contribution in [2.24, 2.45) is 5.84 Å². The summed E-state index contributed by atoms with van der Waals surface area (Å²) in [5.41, 5.74) is 0.354. The average molecular weight is 229 g/mol. The molecule has 0 saturated carbocycles. The van der Waals surface area contributed by atoms with Gasteiger partial charge >= 0.3 is 5.97 Å². The Kier molecular flexibility index (Phi) is 5.16. The van der Waals surface area contributed by atoms with Crippen LogP contribution in [0.3, 0.4) is 0 Å². The molecule has 0 aliphatic carbocycles. The minimum atomic E-state index is -0.350. The molecule has 4 heteroatoms. The molecule has 0 spiro atoms. The van der Waals surface area contributed by atoms with E-state index in [9.17, 15) is 4.79 Å². The fourth-order valence-corrected chi connectivity index (χ4v) is 1.39. The number of carbonyl (C=O) groups is 1. The minimum Gasteiger partial charge on any atom is -0.456 e. The van der Waals surface area contributed by atoms with Gasteiger partial charge in [0, 0.05) is 5.57 Å². The van der Waals surface area contributed by atoms with Crippen LogP contribution < -0.4 is 5.84 Å². The number of hydrogen-bond donors (Lipinski definition) is 1. The van der Waals surface area contributed by atoms with Crippen molar-refractivity contribution in [3.05, 3.63) is 12.2 Å². The summed E-state index contributed by atoms with van der Waals surface area (Å²) in [6.07, 6.45) is 0. The van der Waals surface area contributed by atoms with E-state index >= 15 is 0 Å². The fraction of sp³-hybridized carbons (Fsp3) is 0.750. The highest BCUT2D eigenvalue weighted by Gasteiger charge is 2.35. The molecule has 0 heterocycles. The van der Waals surface area contributed by atoms with E-state index in [1.54, 1.807) is 6.92 Å². The van der Waals surface area contributed by atoms with Crippen LogP contribution in [0.4, 0.5) is 0 Å². The molecule has 0 rings (SSSR count). The van der Waals surface area contributed by atoms with Crippen LogP contribution in [-0.2, 0) is 9.53 Å². The molecule has 1 unspecified atom stereocenters. The lowest BCUT2D eigenvalue weighted by molar-refractivity contribution is -0.980. The summed E-state index contributed by atoms with van der Waals surface area (Å²) < 4.78 is 5.45. The molecule has 0 amide bonds. The first-order valence-electron chi connectivity index (χ1n) is 5.62. The third-order valence-corrected chi connectivity index (χ3v) is 2.97. The molecule has 1 atom stereocenters. The molecular formula is C12H25N2O2+. The van der Waals surface area contributed by atoms with E-state index in [1.807, 2.05) is 6.92 Å². The average Bonchev–Trinajstić information content (AvgIpc) is 2.15. The summed E-state index contributed by atoms with van der Waals surface area (Å²) in [5.74, 6) is 5.91. The molecule has 4 nitrogen and oxygen atoms in total. The highest BCUT2D eigenvalue weighted by molar-refractivity contribution is 5.86. The predicted molar refractivity (Wildman–Crippen MR) is 65.4 cm³/mol. The van der Waals surface area contributed by atoms with Gasteiger partial charge in [0.25, 0.3) is 0 Å². The van der Waals surface area contributed by atoms with E-state index < -0.39 is 0 Å². The van der Waals surface area contributed by atoms with Gasteiger partial charge in [0.1, 0.15) is 18.7 Å². The van der Waals surface area contributed by atoms with Crippen molar-refractivity contribution in [3.8, 4) is 0 Å². The Morgan fingerprint density at radius 1 is 1.44 bits per heavy atom. The molecule has 94 valence electrons. The zero-order valence-corrected chi connectivity index (χ0v) is 11.2. The first-order chi connectivity index (χ1) is 7.14. The monoisotopic (exact) mass is 229 g/mol. The fourth-order valence-electron chi connectivity index (χ4n) is 1.39. The number of ether oxygens (including phenoxy) is 1. The number of carbonyl (C=O) groups excluding carboxylic acids is 1. The smallest absolute Gasteiger partial charge is 0.333 e. The van der Waals surface area contributed by atoms with Gasteiger partial charge in [-0.2, -0.15) is 5.84 Å². The Morgan fingerprint density at radius 3 is 2.25 bits per heavy atom. The molecular weight excluding hydrogens is 204 g/mol. The van der Waals surface area contributed by atoms with Crippen molar-refractivity contribution in [1.29, 1.82) is 0 Å². The second kappa shape index (κ2) is 5.46. The number of rotatable bonds is 5. The van der Waals surface area contributed by atoms with Crippen molar-refractivity contribution in [1.82, 2.24) is 0 Å². The van der Waals surface area contributed by atoms with Crippen LogP contribution in [0.1, 0.15) is 34.6 Å². The van der Waals surface area contributed by atoms with Gasteiger partial charge in [-0.05, 0) is 34.6 Å². The summed E-state index contributed by atoms with van der Waals surface area (Å²) >= 11 is 0.